The standard InChI is InChI=1S/C64H44N4O/c1-3-21-41(4-2)54-39-55(44-26-13-7-14-27-44)66-64(65-54)45-36-50(42-22-9-5-10-23-42)62(51(37-45)43-24-11-6-12-25-43)68-57-33-20-18-31-49(57)61-58(68)35-34-48-53-38-52-47-30-17-19-32-56(47)67(46-28-15-8-16-29-46)59(52)40-60(53)69-63(48)61/h3-5,7-11,13-40H,1-2,6,12H2/b41-21+. The molecule has 0 amide bonds. The van der Waals surface area contributed by atoms with Crippen molar-refractivity contribution in [2.75, 3.05) is 0 Å². The largest absolute Gasteiger partial charge is 0.455 e. The molecule has 1 aliphatic carbocycles. The zero-order valence-corrected chi connectivity index (χ0v) is 37.8. The van der Waals surface area contributed by atoms with Crippen LogP contribution < -0.4 is 0 Å². The highest BCUT2D eigenvalue weighted by atomic mass is 16.3. The Morgan fingerprint density at radius 1 is 0.536 bits per heavy atom. The van der Waals surface area contributed by atoms with Gasteiger partial charge in [0.05, 0.1) is 44.5 Å². The Balaban J connectivity index is 1.11. The van der Waals surface area contributed by atoms with Gasteiger partial charge >= 0.3 is 0 Å². The molecule has 5 nitrogen and oxygen atoms in total. The van der Waals surface area contributed by atoms with Gasteiger partial charge in [0.25, 0.3) is 0 Å². The molecule has 12 aromatic rings. The van der Waals surface area contributed by atoms with Crippen LogP contribution in [-0.2, 0) is 0 Å². The number of hydrogen-bond donors (Lipinski definition) is 0. The Hall–Kier alpha value is -9.06. The minimum atomic E-state index is 0.625. The van der Waals surface area contributed by atoms with Gasteiger partial charge in [-0.3, -0.25) is 0 Å². The highest BCUT2D eigenvalue weighted by Gasteiger charge is 2.26. The molecule has 69 heavy (non-hydrogen) atoms. The fraction of sp³-hybridized carbons (Fsp3) is 0.0312. The molecule has 1 aliphatic rings. The minimum Gasteiger partial charge on any atom is -0.455 e. The van der Waals surface area contributed by atoms with Gasteiger partial charge in [0.2, 0.25) is 0 Å². The van der Waals surface area contributed by atoms with Gasteiger partial charge in [0, 0.05) is 60.9 Å². The zero-order valence-electron chi connectivity index (χ0n) is 37.8. The summed E-state index contributed by atoms with van der Waals surface area (Å²) in [7, 11) is 0. The first-order chi connectivity index (χ1) is 34.1. The van der Waals surface area contributed by atoms with E-state index < -0.39 is 0 Å². The Morgan fingerprint density at radius 3 is 1.97 bits per heavy atom. The van der Waals surface area contributed by atoms with Gasteiger partial charge in [-0.25, -0.2) is 9.97 Å². The number of nitrogens with zero attached hydrogens (tertiary/aromatic N) is 4. The predicted molar refractivity (Wildman–Crippen MR) is 289 cm³/mol. The molecule has 0 unspecified atom stereocenters. The number of furan rings is 1. The summed E-state index contributed by atoms with van der Waals surface area (Å²) in [5, 5.41) is 6.80. The molecule has 0 spiro atoms. The van der Waals surface area contributed by atoms with Gasteiger partial charge in [-0.2, -0.15) is 0 Å². The molecule has 4 aromatic heterocycles. The third-order valence-corrected chi connectivity index (χ3v) is 13.7. The lowest BCUT2D eigenvalue weighted by Gasteiger charge is -2.22. The average molecular weight is 885 g/mol. The number of fused-ring (bicyclic) bond motifs is 10. The van der Waals surface area contributed by atoms with E-state index in [-0.39, 0.29) is 0 Å². The summed E-state index contributed by atoms with van der Waals surface area (Å²) in [5.74, 6) is 0.625. The van der Waals surface area contributed by atoms with Gasteiger partial charge in [0.1, 0.15) is 11.2 Å². The molecular weight excluding hydrogens is 841 g/mol. The predicted octanol–water partition coefficient (Wildman–Crippen LogP) is 17.1. The second-order valence-corrected chi connectivity index (χ2v) is 17.7. The first-order valence-electron chi connectivity index (χ1n) is 23.5. The van der Waals surface area contributed by atoms with Crippen LogP contribution in [-0.4, -0.2) is 19.1 Å². The van der Waals surface area contributed by atoms with Gasteiger partial charge in [-0.1, -0.05) is 165 Å². The smallest absolute Gasteiger partial charge is 0.160 e. The molecule has 0 fully saturated rings. The van der Waals surface area contributed by atoms with Crippen LogP contribution in [0.25, 0.3) is 122 Å². The second kappa shape index (κ2) is 16.4. The van der Waals surface area contributed by atoms with Crippen LogP contribution >= 0.6 is 0 Å². The van der Waals surface area contributed by atoms with Crippen LogP contribution in [0.3, 0.4) is 0 Å². The maximum Gasteiger partial charge on any atom is 0.160 e. The highest BCUT2D eigenvalue weighted by molar-refractivity contribution is 6.26. The van der Waals surface area contributed by atoms with Crippen molar-refractivity contribution in [3.8, 4) is 45.1 Å². The number of benzene rings is 8. The fourth-order valence-electron chi connectivity index (χ4n) is 10.6. The van der Waals surface area contributed by atoms with Crippen molar-refractivity contribution < 1.29 is 4.42 Å². The number of aromatic nitrogens is 4. The SMILES string of the molecule is C=C/C=C(\C=C)c1cc(-c2ccccc2)nc(-c2cc(C3=CCCC=C3)c(-n3c4ccccc4c4c5oc6cc7c(cc6c5ccc43)c3ccccc3n7-c3ccccc3)c(-c3ccccc3)c2)n1. The van der Waals surface area contributed by atoms with E-state index in [9.17, 15) is 0 Å². The Labute approximate surface area is 399 Å². The van der Waals surface area contributed by atoms with Crippen molar-refractivity contribution in [1.29, 1.82) is 0 Å². The summed E-state index contributed by atoms with van der Waals surface area (Å²) in [6.45, 7) is 8.14. The van der Waals surface area contributed by atoms with Gasteiger partial charge in [-0.05, 0) is 90.2 Å². The molecule has 0 radical (unpaired) electrons. The first-order valence-corrected chi connectivity index (χ1v) is 23.5. The normalized spacial score (nSPS) is 13.0. The molecule has 0 saturated carbocycles. The van der Waals surface area contributed by atoms with Gasteiger partial charge in [-0.15, -0.1) is 0 Å². The zero-order chi connectivity index (χ0) is 46.0. The van der Waals surface area contributed by atoms with Crippen molar-refractivity contribution in [2.45, 2.75) is 12.8 Å². The van der Waals surface area contributed by atoms with E-state index in [4.69, 9.17) is 14.4 Å². The summed E-state index contributed by atoms with van der Waals surface area (Å²) in [5.41, 5.74) is 17.1. The Morgan fingerprint density at radius 2 is 1.23 bits per heavy atom. The van der Waals surface area contributed by atoms with Crippen molar-refractivity contribution >= 4 is 76.7 Å². The molecule has 8 aromatic carbocycles. The summed E-state index contributed by atoms with van der Waals surface area (Å²) in [4.78, 5) is 10.6. The molecule has 0 atom stereocenters. The van der Waals surface area contributed by atoms with E-state index in [1.54, 1.807) is 6.08 Å². The number of hydrogen-bond acceptors (Lipinski definition) is 3. The van der Waals surface area contributed by atoms with Crippen molar-refractivity contribution in [2.24, 2.45) is 0 Å². The number of para-hydroxylation sites is 3. The monoisotopic (exact) mass is 884 g/mol. The van der Waals surface area contributed by atoms with E-state index in [2.05, 4.69) is 198 Å². The maximum atomic E-state index is 7.18. The Bertz CT molecular complexity index is 4140. The molecule has 5 heteroatoms. The third-order valence-electron chi connectivity index (χ3n) is 13.7. The number of allylic oxidation sites excluding steroid dienone is 8. The second-order valence-electron chi connectivity index (χ2n) is 17.7. The summed E-state index contributed by atoms with van der Waals surface area (Å²) in [6, 6.07) is 64.8. The molecular formula is C64H44N4O. The van der Waals surface area contributed by atoms with Crippen molar-refractivity contribution in [3.05, 3.63) is 243 Å². The van der Waals surface area contributed by atoms with Crippen LogP contribution in [0.15, 0.2) is 236 Å². The molecule has 4 heterocycles. The molecule has 326 valence electrons. The van der Waals surface area contributed by atoms with E-state index >= 15 is 0 Å². The van der Waals surface area contributed by atoms with E-state index in [1.807, 2.05) is 36.4 Å². The lowest BCUT2D eigenvalue weighted by molar-refractivity contribution is 0.673. The van der Waals surface area contributed by atoms with Crippen molar-refractivity contribution in [1.82, 2.24) is 19.1 Å². The Kier molecular flexibility index (Phi) is 9.55. The number of rotatable bonds is 9. The minimum absolute atomic E-state index is 0.625. The quantitative estimate of drug-likeness (QED) is 0.136. The first kappa shape index (κ1) is 40.2. The topological polar surface area (TPSA) is 48.8 Å². The molecule has 0 bridgehead atoms. The van der Waals surface area contributed by atoms with E-state index in [0.29, 0.717) is 5.82 Å². The van der Waals surface area contributed by atoms with Gasteiger partial charge in [0.15, 0.2) is 5.82 Å². The lowest BCUT2D eigenvalue weighted by Crippen LogP contribution is -2.05. The van der Waals surface area contributed by atoms with E-state index in [1.165, 1.54) is 16.3 Å². The van der Waals surface area contributed by atoms with Crippen LogP contribution in [0.5, 0.6) is 0 Å². The van der Waals surface area contributed by atoms with Crippen LogP contribution in [0, 0.1) is 0 Å². The summed E-state index contributed by atoms with van der Waals surface area (Å²) in [6.07, 6.45) is 14.4. The average Bonchev–Trinajstić information content (AvgIpc) is 4.07. The lowest BCUT2D eigenvalue weighted by atomic mass is 9.90. The summed E-state index contributed by atoms with van der Waals surface area (Å²) < 4.78 is 12.0. The van der Waals surface area contributed by atoms with E-state index in [0.717, 1.165) is 124 Å². The van der Waals surface area contributed by atoms with Gasteiger partial charge < -0.3 is 13.6 Å². The summed E-state index contributed by atoms with van der Waals surface area (Å²) >= 11 is 0. The van der Waals surface area contributed by atoms with Crippen LogP contribution in [0.2, 0.25) is 0 Å². The molecule has 13 rings (SSSR count). The molecule has 0 N–H and O–H groups in total. The maximum absolute atomic E-state index is 7.18. The fourth-order valence-corrected chi connectivity index (χ4v) is 10.6. The van der Waals surface area contributed by atoms with Crippen molar-refractivity contribution in [3.63, 3.8) is 0 Å². The van der Waals surface area contributed by atoms with Crippen LogP contribution in [0.4, 0.5) is 0 Å². The molecule has 0 aliphatic heterocycles. The van der Waals surface area contributed by atoms with Crippen LogP contribution in [0.1, 0.15) is 24.1 Å². The molecule has 0 saturated heterocycles. The highest BCUT2D eigenvalue weighted by Crippen LogP contribution is 2.47. The third kappa shape index (κ3) is 6.54.